The standard InChI is InChI=1S/C12H15BrN2O2/c1-12(2,3)17-11(16)15-10(14)8-4-6-9(13)7-5-8/h4-7H,1-3H3,(H2,14,15,16). The van der Waals surface area contributed by atoms with Gasteiger partial charge in [0.15, 0.2) is 0 Å². The van der Waals surface area contributed by atoms with Crippen molar-refractivity contribution in [2.75, 3.05) is 0 Å². The summed E-state index contributed by atoms with van der Waals surface area (Å²) in [4.78, 5) is 15.1. The summed E-state index contributed by atoms with van der Waals surface area (Å²) in [6.07, 6.45) is -0.682. The Bertz CT molecular complexity index is 433. The molecule has 1 aromatic carbocycles. The molecule has 0 saturated heterocycles. The normalized spacial score (nSPS) is 12.4. The van der Waals surface area contributed by atoms with Crippen LogP contribution in [0.3, 0.4) is 0 Å². The Morgan fingerprint density at radius 3 is 2.29 bits per heavy atom. The van der Waals surface area contributed by atoms with Crippen molar-refractivity contribution in [3.63, 3.8) is 0 Å². The van der Waals surface area contributed by atoms with Crippen LogP contribution in [0.25, 0.3) is 0 Å². The molecule has 92 valence electrons. The summed E-state index contributed by atoms with van der Waals surface area (Å²) < 4.78 is 5.97. The van der Waals surface area contributed by atoms with Crippen LogP contribution in [0.2, 0.25) is 0 Å². The summed E-state index contributed by atoms with van der Waals surface area (Å²) >= 11 is 3.31. The number of carbonyl (C=O) groups is 1. The van der Waals surface area contributed by atoms with Crippen molar-refractivity contribution in [2.24, 2.45) is 10.7 Å². The van der Waals surface area contributed by atoms with E-state index in [0.29, 0.717) is 5.56 Å². The van der Waals surface area contributed by atoms with E-state index in [1.807, 2.05) is 12.1 Å². The minimum atomic E-state index is -0.682. The Hall–Kier alpha value is -1.36. The number of nitrogens with zero attached hydrogens (tertiary/aromatic N) is 1. The van der Waals surface area contributed by atoms with E-state index in [2.05, 4.69) is 20.9 Å². The number of nitrogens with two attached hydrogens (primary N) is 1. The van der Waals surface area contributed by atoms with Crippen LogP contribution < -0.4 is 5.73 Å². The van der Waals surface area contributed by atoms with Gasteiger partial charge in [-0.1, -0.05) is 28.1 Å². The predicted octanol–water partition coefficient (Wildman–Crippen LogP) is 3.09. The van der Waals surface area contributed by atoms with Gasteiger partial charge in [0.2, 0.25) is 0 Å². The lowest BCUT2D eigenvalue weighted by atomic mass is 10.2. The van der Waals surface area contributed by atoms with E-state index >= 15 is 0 Å². The molecule has 0 unspecified atom stereocenters. The molecule has 0 aliphatic heterocycles. The first-order valence-electron chi connectivity index (χ1n) is 5.11. The van der Waals surface area contributed by atoms with Gasteiger partial charge >= 0.3 is 6.09 Å². The molecule has 17 heavy (non-hydrogen) atoms. The zero-order valence-electron chi connectivity index (χ0n) is 10.0. The van der Waals surface area contributed by atoms with Crippen LogP contribution in [-0.4, -0.2) is 17.5 Å². The number of ether oxygens (including phenoxy) is 1. The second-order valence-electron chi connectivity index (χ2n) is 4.48. The van der Waals surface area contributed by atoms with Crippen LogP contribution in [0, 0.1) is 0 Å². The highest BCUT2D eigenvalue weighted by Crippen LogP contribution is 2.11. The summed E-state index contributed by atoms with van der Waals surface area (Å²) in [7, 11) is 0. The molecule has 0 heterocycles. The molecule has 0 aromatic heterocycles. The second kappa shape index (κ2) is 5.31. The third-order valence-corrected chi connectivity index (χ3v) is 2.27. The Morgan fingerprint density at radius 2 is 1.82 bits per heavy atom. The molecule has 0 bridgehead atoms. The molecular weight excluding hydrogens is 284 g/mol. The van der Waals surface area contributed by atoms with Gasteiger partial charge in [0.1, 0.15) is 11.4 Å². The molecule has 5 heteroatoms. The third kappa shape index (κ3) is 4.99. The summed E-state index contributed by atoms with van der Waals surface area (Å²) in [5.41, 5.74) is 5.81. The fraction of sp³-hybridized carbons (Fsp3) is 0.333. The number of halogens is 1. The summed E-state index contributed by atoms with van der Waals surface area (Å²) in [6.45, 7) is 5.32. The van der Waals surface area contributed by atoms with Gasteiger partial charge in [0, 0.05) is 10.0 Å². The van der Waals surface area contributed by atoms with Crippen molar-refractivity contribution < 1.29 is 9.53 Å². The van der Waals surface area contributed by atoms with Crippen LogP contribution in [0.4, 0.5) is 4.79 Å². The lowest BCUT2D eigenvalue weighted by Gasteiger charge is -2.17. The fourth-order valence-corrected chi connectivity index (χ4v) is 1.33. The number of benzene rings is 1. The van der Waals surface area contributed by atoms with Crippen LogP contribution in [0.15, 0.2) is 33.7 Å². The van der Waals surface area contributed by atoms with Crippen molar-refractivity contribution in [1.82, 2.24) is 0 Å². The molecule has 0 saturated carbocycles. The van der Waals surface area contributed by atoms with Crippen molar-refractivity contribution in [3.05, 3.63) is 34.3 Å². The van der Waals surface area contributed by atoms with Crippen LogP contribution in [0.5, 0.6) is 0 Å². The topological polar surface area (TPSA) is 64.7 Å². The number of amidine groups is 1. The molecule has 0 spiro atoms. The van der Waals surface area contributed by atoms with Gasteiger partial charge in [-0.3, -0.25) is 0 Å². The van der Waals surface area contributed by atoms with Gasteiger partial charge in [0.25, 0.3) is 0 Å². The average molecular weight is 299 g/mol. The van der Waals surface area contributed by atoms with E-state index in [-0.39, 0.29) is 5.84 Å². The average Bonchev–Trinajstić information content (AvgIpc) is 2.15. The Kier molecular flexibility index (Phi) is 4.28. The molecule has 0 atom stereocenters. The number of hydrogen-bond acceptors (Lipinski definition) is 2. The third-order valence-electron chi connectivity index (χ3n) is 1.75. The summed E-state index contributed by atoms with van der Waals surface area (Å²) in [5, 5.41) is 0. The Balaban J connectivity index is 2.79. The van der Waals surface area contributed by atoms with E-state index in [1.54, 1.807) is 32.9 Å². The Labute approximate surface area is 109 Å². The van der Waals surface area contributed by atoms with E-state index in [4.69, 9.17) is 10.5 Å². The highest BCUT2D eigenvalue weighted by molar-refractivity contribution is 9.10. The van der Waals surface area contributed by atoms with Crippen LogP contribution in [0.1, 0.15) is 26.3 Å². The Morgan fingerprint density at radius 1 is 1.29 bits per heavy atom. The van der Waals surface area contributed by atoms with Gasteiger partial charge in [-0.2, -0.15) is 4.99 Å². The number of aliphatic imine (C=N–C) groups is 1. The summed E-state index contributed by atoms with van der Waals surface area (Å²) in [6, 6.07) is 7.19. The van der Waals surface area contributed by atoms with Crippen molar-refractivity contribution >= 4 is 27.9 Å². The maximum Gasteiger partial charge on any atom is 0.436 e. The number of rotatable bonds is 1. The molecule has 1 rings (SSSR count). The first-order valence-corrected chi connectivity index (χ1v) is 5.90. The molecule has 2 N–H and O–H groups in total. The van der Waals surface area contributed by atoms with Crippen LogP contribution in [-0.2, 0) is 4.74 Å². The molecule has 1 aromatic rings. The molecule has 0 aliphatic rings. The van der Waals surface area contributed by atoms with Gasteiger partial charge in [0.05, 0.1) is 0 Å². The van der Waals surface area contributed by atoms with Gasteiger partial charge in [-0.15, -0.1) is 0 Å². The van der Waals surface area contributed by atoms with E-state index in [1.165, 1.54) is 0 Å². The molecular formula is C12H15BrN2O2. The van der Waals surface area contributed by atoms with Gasteiger partial charge in [-0.05, 0) is 32.9 Å². The largest absolute Gasteiger partial charge is 0.442 e. The molecule has 0 aliphatic carbocycles. The first kappa shape index (κ1) is 13.7. The molecule has 0 fully saturated rings. The predicted molar refractivity (Wildman–Crippen MR) is 71.1 cm³/mol. The maximum absolute atomic E-state index is 11.4. The monoisotopic (exact) mass is 298 g/mol. The van der Waals surface area contributed by atoms with E-state index in [9.17, 15) is 4.79 Å². The van der Waals surface area contributed by atoms with E-state index < -0.39 is 11.7 Å². The smallest absolute Gasteiger partial charge is 0.436 e. The number of amides is 1. The minimum Gasteiger partial charge on any atom is -0.442 e. The minimum absolute atomic E-state index is 0.145. The van der Waals surface area contributed by atoms with Crippen molar-refractivity contribution in [2.45, 2.75) is 26.4 Å². The van der Waals surface area contributed by atoms with Gasteiger partial charge in [-0.25, -0.2) is 4.79 Å². The lowest BCUT2D eigenvalue weighted by molar-refractivity contribution is 0.0604. The fourth-order valence-electron chi connectivity index (χ4n) is 1.07. The number of carbonyl (C=O) groups excluding carboxylic acids is 1. The SMILES string of the molecule is CC(C)(C)OC(=O)/N=C(\N)c1ccc(Br)cc1. The zero-order valence-corrected chi connectivity index (χ0v) is 11.6. The first-order chi connectivity index (χ1) is 7.78. The lowest BCUT2D eigenvalue weighted by Crippen LogP contribution is -2.24. The van der Waals surface area contributed by atoms with Gasteiger partial charge < -0.3 is 10.5 Å². The summed E-state index contributed by atoms with van der Waals surface area (Å²) in [5.74, 6) is 0.145. The van der Waals surface area contributed by atoms with Crippen molar-refractivity contribution in [3.8, 4) is 0 Å². The quantitative estimate of drug-likeness (QED) is 0.640. The zero-order chi connectivity index (χ0) is 13.1. The van der Waals surface area contributed by atoms with Crippen LogP contribution >= 0.6 is 15.9 Å². The molecule has 0 radical (unpaired) electrons. The van der Waals surface area contributed by atoms with Crippen molar-refractivity contribution in [1.29, 1.82) is 0 Å². The highest BCUT2D eigenvalue weighted by atomic mass is 79.9. The highest BCUT2D eigenvalue weighted by Gasteiger charge is 2.16. The maximum atomic E-state index is 11.4. The number of hydrogen-bond donors (Lipinski definition) is 1. The molecule has 1 amide bonds. The van der Waals surface area contributed by atoms with E-state index in [0.717, 1.165) is 4.47 Å². The second-order valence-corrected chi connectivity index (χ2v) is 5.40. The molecule has 4 nitrogen and oxygen atoms in total.